The van der Waals surface area contributed by atoms with E-state index < -0.39 is 17.8 Å². The van der Waals surface area contributed by atoms with Crippen LogP contribution in [0.15, 0.2) is 84.8 Å². The van der Waals surface area contributed by atoms with Crippen LogP contribution in [0.5, 0.6) is 0 Å². The molecule has 17 heteroatoms. The van der Waals surface area contributed by atoms with Gasteiger partial charge in [0, 0.05) is 60.6 Å². The number of hydrogen-bond acceptors (Lipinski definition) is 13. The summed E-state index contributed by atoms with van der Waals surface area (Å²) in [6, 6.07) is 14.6. The molecule has 5 N–H and O–H groups in total. The van der Waals surface area contributed by atoms with Crippen molar-refractivity contribution >= 4 is 52.5 Å². The van der Waals surface area contributed by atoms with E-state index in [0.717, 1.165) is 33.2 Å². The predicted molar refractivity (Wildman–Crippen MR) is 213 cm³/mol. The molecule has 2 atom stereocenters. The van der Waals surface area contributed by atoms with E-state index in [0.29, 0.717) is 55.0 Å². The largest absolute Gasteiger partial charge is 0.498 e. The van der Waals surface area contributed by atoms with E-state index in [9.17, 15) is 18.8 Å². The van der Waals surface area contributed by atoms with Gasteiger partial charge >= 0.3 is 6.09 Å². The zero-order valence-electron chi connectivity index (χ0n) is 32.1. The molecule has 1 aliphatic rings. The average molecular weight is 781 g/mol. The predicted octanol–water partition coefficient (Wildman–Crippen LogP) is 5.75. The van der Waals surface area contributed by atoms with Gasteiger partial charge in [-0.2, -0.15) is 19.6 Å². The van der Waals surface area contributed by atoms with E-state index >= 15 is 0 Å². The first kappa shape index (κ1) is 40.1. The Balaban J connectivity index is 1.17. The van der Waals surface area contributed by atoms with Crippen molar-refractivity contribution in [2.24, 2.45) is 11.7 Å². The van der Waals surface area contributed by atoms with Gasteiger partial charge in [-0.15, -0.1) is 0 Å². The fraction of sp³-hybridized carbons (Fsp3) is 0.325. The van der Waals surface area contributed by atoms with Gasteiger partial charge < -0.3 is 40.8 Å². The lowest BCUT2D eigenvalue weighted by Gasteiger charge is -2.36. The molecule has 0 aliphatic carbocycles. The lowest BCUT2D eigenvalue weighted by atomic mass is 9.92. The van der Waals surface area contributed by atoms with E-state index in [-0.39, 0.29) is 43.3 Å². The van der Waals surface area contributed by atoms with E-state index in [4.69, 9.17) is 34.9 Å². The highest BCUT2D eigenvalue weighted by molar-refractivity contribution is 6.04. The molecule has 0 unspecified atom stereocenters. The second-order valence-corrected chi connectivity index (χ2v) is 13.8. The monoisotopic (exact) mass is 780 g/mol. The summed E-state index contributed by atoms with van der Waals surface area (Å²) in [7, 11) is 1.42. The van der Waals surface area contributed by atoms with Crippen molar-refractivity contribution in [1.82, 2.24) is 29.5 Å². The number of allylic oxidation sites excluding steroid dienone is 1. The van der Waals surface area contributed by atoms with Crippen LogP contribution in [-0.4, -0.2) is 87.3 Å². The summed E-state index contributed by atoms with van der Waals surface area (Å²) >= 11 is 0. The number of carbonyl (C=O) groups excluding carboxylic acids is 3. The van der Waals surface area contributed by atoms with Crippen molar-refractivity contribution in [3.63, 3.8) is 0 Å². The lowest BCUT2D eigenvalue weighted by Crippen LogP contribution is -2.52. The third kappa shape index (κ3) is 9.27. The van der Waals surface area contributed by atoms with Gasteiger partial charge in [0.1, 0.15) is 5.76 Å². The number of methoxy groups -OCH3 is 1. The first-order chi connectivity index (χ1) is 27.5. The highest BCUT2D eigenvalue weighted by atomic mass is 19.1. The van der Waals surface area contributed by atoms with Crippen molar-refractivity contribution in [1.29, 1.82) is 0 Å². The summed E-state index contributed by atoms with van der Waals surface area (Å²) in [4.78, 5) is 51.4. The van der Waals surface area contributed by atoms with Crippen molar-refractivity contribution < 1.29 is 33.0 Å². The Morgan fingerprint density at radius 1 is 1.14 bits per heavy atom. The molecule has 3 aromatic heterocycles. The van der Waals surface area contributed by atoms with Gasteiger partial charge in [0.15, 0.2) is 23.8 Å². The summed E-state index contributed by atoms with van der Waals surface area (Å²) < 4.78 is 30.4. The zero-order chi connectivity index (χ0) is 40.6. The van der Waals surface area contributed by atoms with Crippen LogP contribution in [0, 0.1) is 5.92 Å². The minimum Gasteiger partial charge on any atom is -0.498 e. The molecular formula is C40H45FN10O6. The third-order valence-electron chi connectivity index (χ3n) is 9.80. The molecule has 5 aromatic rings. The normalized spacial score (nSPS) is 15.9. The SMILES string of the molecule is C=C(F)C(=O)Nc1ccc2c(-c3ccccc3CNc3nc(NC[C@H]4CCN(C(=O)OC/C(OC=O)=C(\C)OC)C[C@H]4N)nc4c(C(C)C)cnn34)nccc2c1. The molecule has 6 rings (SSSR count). The topological polar surface area (TPSA) is 200 Å². The average Bonchev–Trinajstić information content (AvgIpc) is 3.65. The van der Waals surface area contributed by atoms with Crippen LogP contribution in [0.2, 0.25) is 0 Å². The number of nitrogens with zero attached hydrogens (tertiary/aromatic N) is 6. The van der Waals surface area contributed by atoms with E-state index in [1.807, 2.05) is 36.4 Å². The van der Waals surface area contributed by atoms with E-state index in [1.54, 1.807) is 36.0 Å². The number of carbonyl (C=O) groups is 3. The fourth-order valence-electron chi connectivity index (χ4n) is 6.53. The van der Waals surface area contributed by atoms with Gasteiger partial charge in [-0.1, -0.05) is 50.8 Å². The highest BCUT2D eigenvalue weighted by Crippen LogP contribution is 2.32. The van der Waals surface area contributed by atoms with Gasteiger partial charge in [-0.05, 0) is 54.3 Å². The first-order valence-corrected chi connectivity index (χ1v) is 18.3. The zero-order valence-corrected chi connectivity index (χ0v) is 32.1. The van der Waals surface area contributed by atoms with Crippen molar-refractivity contribution in [3.05, 3.63) is 96.0 Å². The third-order valence-corrected chi connectivity index (χ3v) is 9.80. The number of aromatic nitrogens is 5. The van der Waals surface area contributed by atoms with Crippen LogP contribution < -0.4 is 21.7 Å². The molecule has 1 saturated heterocycles. The number of benzene rings is 2. The minimum absolute atomic E-state index is 0.0000659. The van der Waals surface area contributed by atoms with E-state index in [1.165, 1.54) is 12.0 Å². The van der Waals surface area contributed by atoms with Crippen molar-refractivity contribution in [3.8, 4) is 11.3 Å². The number of likely N-dealkylation sites (tertiary alicyclic amines) is 1. The summed E-state index contributed by atoms with van der Waals surface area (Å²) in [5.74, 6) is -0.524. The Labute approximate surface area is 328 Å². The molecule has 2 amide bonds. The molecule has 0 saturated carbocycles. The molecule has 2 aromatic carbocycles. The number of nitrogens with two attached hydrogens (primary N) is 1. The quantitative estimate of drug-likeness (QED) is 0.0570. The Morgan fingerprint density at radius 2 is 1.95 bits per heavy atom. The number of hydrogen-bond donors (Lipinski definition) is 4. The molecular weight excluding hydrogens is 736 g/mol. The summed E-state index contributed by atoms with van der Waals surface area (Å²) in [5.41, 5.74) is 11.2. The maximum absolute atomic E-state index is 13.3. The molecule has 0 radical (unpaired) electrons. The van der Waals surface area contributed by atoms with Crippen molar-refractivity contribution in [2.75, 3.05) is 49.3 Å². The Kier molecular flexibility index (Phi) is 12.6. The van der Waals surface area contributed by atoms with E-state index in [2.05, 4.69) is 41.5 Å². The molecule has 4 heterocycles. The lowest BCUT2D eigenvalue weighted by molar-refractivity contribution is -0.126. The van der Waals surface area contributed by atoms with Gasteiger partial charge in [-0.3, -0.25) is 14.6 Å². The van der Waals surface area contributed by atoms with Crippen LogP contribution in [-0.2, 0) is 30.3 Å². The van der Waals surface area contributed by atoms with Crippen LogP contribution in [0.1, 0.15) is 44.2 Å². The van der Waals surface area contributed by atoms with Gasteiger partial charge in [0.2, 0.25) is 11.9 Å². The molecule has 298 valence electrons. The number of rotatable bonds is 15. The Morgan fingerprint density at radius 3 is 2.68 bits per heavy atom. The van der Waals surface area contributed by atoms with Crippen LogP contribution in [0.25, 0.3) is 27.7 Å². The number of amides is 2. The van der Waals surface area contributed by atoms with Crippen LogP contribution >= 0.6 is 0 Å². The number of nitrogens with one attached hydrogen (secondary N) is 3. The smallest absolute Gasteiger partial charge is 0.410 e. The molecule has 16 nitrogen and oxygen atoms in total. The number of fused-ring (bicyclic) bond motifs is 2. The number of pyridine rings is 1. The summed E-state index contributed by atoms with van der Waals surface area (Å²) in [6.45, 7) is 10.3. The minimum atomic E-state index is -1.07. The highest BCUT2D eigenvalue weighted by Gasteiger charge is 2.30. The van der Waals surface area contributed by atoms with Crippen molar-refractivity contribution in [2.45, 2.75) is 45.7 Å². The second kappa shape index (κ2) is 17.9. The molecule has 1 fully saturated rings. The van der Waals surface area contributed by atoms with Gasteiger partial charge in [-0.25, -0.2) is 9.18 Å². The maximum Gasteiger partial charge on any atom is 0.410 e. The Hall–Kier alpha value is -6.62. The van der Waals surface area contributed by atoms with Gasteiger partial charge in [0.25, 0.3) is 12.4 Å². The number of anilines is 3. The molecule has 0 bridgehead atoms. The Bertz CT molecular complexity index is 2330. The molecule has 0 spiro atoms. The van der Waals surface area contributed by atoms with Crippen LogP contribution in [0.4, 0.5) is 26.8 Å². The number of ether oxygens (including phenoxy) is 3. The maximum atomic E-state index is 13.3. The molecule has 1 aliphatic heterocycles. The second-order valence-electron chi connectivity index (χ2n) is 13.8. The number of piperidine rings is 1. The standard InChI is InChI=1S/C40H45FN10O6/c1-23(2)32-19-46-51-36(32)48-38(44-18-28-13-15-50(20-33(28)42)40(54)56-21-34(57-22-52)25(4)55-5)49-39(51)45-17-27-8-6-7-9-30(27)35-31-11-10-29(47-37(53)24(3)41)16-26(31)12-14-43-35/h6-12,14,16,19,22-23,28,33H,3,13,15,17-18,20-21,42H2,1-2,4-5H3,(H,47,53)(H2,44,45,48,49)/b34-25-/t28-,33-/m1/s1. The van der Waals surface area contributed by atoms with Crippen LogP contribution in [0.3, 0.4) is 0 Å². The molecule has 57 heavy (non-hydrogen) atoms. The number of halogens is 1. The first-order valence-electron chi connectivity index (χ1n) is 18.3. The summed E-state index contributed by atoms with van der Waals surface area (Å²) in [5, 5.41) is 15.6. The summed E-state index contributed by atoms with van der Waals surface area (Å²) in [6.07, 6.45) is 3.52. The van der Waals surface area contributed by atoms with Gasteiger partial charge in [0.05, 0.1) is 19.0 Å². The fourth-order valence-corrected chi connectivity index (χ4v) is 6.53.